The molecule has 1 amide bonds. The molecule has 0 aliphatic rings. The average molecular weight is 237 g/mol. The van der Waals surface area contributed by atoms with Crippen molar-refractivity contribution in [2.45, 2.75) is 20.0 Å². The van der Waals surface area contributed by atoms with Crippen LogP contribution in [0.5, 0.6) is 0 Å². The van der Waals surface area contributed by atoms with E-state index in [-0.39, 0.29) is 6.10 Å². The van der Waals surface area contributed by atoms with E-state index in [9.17, 15) is 4.79 Å². The molecule has 5 N–H and O–H groups in total. The van der Waals surface area contributed by atoms with Crippen molar-refractivity contribution in [2.24, 2.45) is 5.73 Å². The predicted molar refractivity (Wildman–Crippen MR) is 69.0 cm³/mol. The molecule has 0 radical (unpaired) electrons. The summed E-state index contributed by atoms with van der Waals surface area (Å²) in [5.41, 5.74) is 12.5. The number of ether oxygens (including phenoxy) is 1. The minimum atomic E-state index is -0.496. The molecule has 0 aliphatic carbocycles. The molecule has 1 aromatic carbocycles. The van der Waals surface area contributed by atoms with Crippen molar-refractivity contribution in [1.82, 2.24) is 0 Å². The Hall–Kier alpha value is -1.75. The molecular formula is C12H19N3O2. The minimum absolute atomic E-state index is 0.193. The molecule has 17 heavy (non-hydrogen) atoms. The van der Waals surface area contributed by atoms with Crippen LogP contribution in [-0.2, 0) is 4.74 Å². The lowest BCUT2D eigenvalue weighted by atomic mass is 10.1. The Labute approximate surface area is 101 Å². The standard InChI is InChI=1S/C12H19N3O2/c1-8(2)17-6-5-15-11-4-3-9(13)7-10(11)12(14)16/h3-4,7-8,15H,5-6,13H2,1-2H3,(H2,14,16). The molecule has 94 valence electrons. The summed E-state index contributed by atoms with van der Waals surface area (Å²) in [6.45, 7) is 5.12. The number of primary amides is 1. The summed E-state index contributed by atoms with van der Waals surface area (Å²) in [5, 5.41) is 3.10. The fourth-order valence-corrected chi connectivity index (χ4v) is 1.40. The Morgan fingerprint density at radius 3 is 2.76 bits per heavy atom. The molecule has 0 aliphatic heterocycles. The first-order valence-electron chi connectivity index (χ1n) is 5.55. The zero-order chi connectivity index (χ0) is 12.8. The number of nitrogens with one attached hydrogen (secondary N) is 1. The zero-order valence-corrected chi connectivity index (χ0v) is 10.2. The van der Waals surface area contributed by atoms with Gasteiger partial charge in [-0.2, -0.15) is 0 Å². The molecule has 0 atom stereocenters. The van der Waals surface area contributed by atoms with Gasteiger partial charge < -0.3 is 21.5 Å². The second-order valence-corrected chi connectivity index (χ2v) is 4.02. The molecule has 0 aromatic heterocycles. The number of nitrogen functional groups attached to an aromatic ring is 1. The number of hydrogen-bond acceptors (Lipinski definition) is 4. The predicted octanol–water partition coefficient (Wildman–Crippen LogP) is 1.20. The molecule has 0 bridgehead atoms. The summed E-state index contributed by atoms with van der Waals surface area (Å²) in [4.78, 5) is 11.2. The summed E-state index contributed by atoms with van der Waals surface area (Å²) in [5.74, 6) is -0.496. The van der Waals surface area contributed by atoms with Gasteiger partial charge in [0.1, 0.15) is 0 Å². The lowest BCUT2D eigenvalue weighted by molar-refractivity contribution is 0.0869. The van der Waals surface area contributed by atoms with Crippen LogP contribution in [0.1, 0.15) is 24.2 Å². The summed E-state index contributed by atoms with van der Waals surface area (Å²) in [6.07, 6.45) is 0.193. The normalized spacial score (nSPS) is 10.5. The highest BCUT2D eigenvalue weighted by Crippen LogP contribution is 2.18. The maximum absolute atomic E-state index is 11.2. The summed E-state index contributed by atoms with van der Waals surface area (Å²) < 4.78 is 5.38. The van der Waals surface area contributed by atoms with Crippen molar-refractivity contribution in [3.63, 3.8) is 0 Å². The van der Waals surface area contributed by atoms with Gasteiger partial charge in [0.05, 0.1) is 18.3 Å². The fraction of sp³-hybridized carbons (Fsp3) is 0.417. The molecule has 5 nitrogen and oxygen atoms in total. The van der Waals surface area contributed by atoms with Crippen LogP contribution in [0.2, 0.25) is 0 Å². The van der Waals surface area contributed by atoms with E-state index in [2.05, 4.69) is 5.32 Å². The summed E-state index contributed by atoms with van der Waals surface area (Å²) in [7, 11) is 0. The maximum atomic E-state index is 11.2. The number of nitrogens with two attached hydrogens (primary N) is 2. The molecule has 1 rings (SSSR count). The quantitative estimate of drug-likeness (QED) is 0.512. The first-order chi connectivity index (χ1) is 8.00. The third-order valence-corrected chi connectivity index (χ3v) is 2.18. The highest BCUT2D eigenvalue weighted by Gasteiger charge is 2.07. The summed E-state index contributed by atoms with van der Waals surface area (Å²) >= 11 is 0. The van der Waals surface area contributed by atoms with Gasteiger partial charge in [-0.3, -0.25) is 4.79 Å². The van der Waals surface area contributed by atoms with E-state index in [4.69, 9.17) is 16.2 Å². The Bertz CT molecular complexity index is 391. The summed E-state index contributed by atoms with van der Waals surface area (Å²) in [6, 6.07) is 5.02. The number of carbonyl (C=O) groups excluding carboxylic acids is 1. The van der Waals surface area contributed by atoms with E-state index < -0.39 is 5.91 Å². The molecule has 0 saturated carbocycles. The Morgan fingerprint density at radius 2 is 2.18 bits per heavy atom. The van der Waals surface area contributed by atoms with Gasteiger partial charge >= 0.3 is 0 Å². The average Bonchev–Trinajstić information content (AvgIpc) is 2.25. The number of amides is 1. The molecule has 0 fully saturated rings. The van der Waals surface area contributed by atoms with E-state index in [0.29, 0.717) is 30.1 Å². The highest BCUT2D eigenvalue weighted by atomic mass is 16.5. The van der Waals surface area contributed by atoms with E-state index in [0.717, 1.165) is 0 Å². The Balaban J connectivity index is 2.61. The van der Waals surface area contributed by atoms with Crippen LogP contribution in [-0.4, -0.2) is 25.2 Å². The largest absolute Gasteiger partial charge is 0.399 e. The first kappa shape index (κ1) is 13.3. The lowest BCUT2D eigenvalue weighted by Gasteiger charge is -2.12. The van der Waals surface area contributed by atoms with Crippen LogP contribution in [0.15, 0.2) is 18.2 Å². The van der Waals surface area contributed by atoms with Crippen molar-refractivity contribution in [3.05, 3.63) is 23.8 Å². The molecular weight excluding hydrogens is 218 g/mol. The highest BCUT2D eigenvalue weighted by molar-refractivity contribution is 5.99. The Kier molecular flexibility index (Phi) is 4.78. The molecule has 5 heteroatoms. The van der Waals surface area contributed by atoms with E-state index in [1.54, 1.807) is 18.2 Å². The van der Waals surface area contributed by atoms with Crippen molar-refractivity contribution >= 4 is 17.3 Å². The van der Waals surface area contributed by atoms with Crippen molar-refractivity contribution in [2.75, 3.05) is 24.2 Å². The molecule has 1 aromatic rings. The van der Waals surface area contributed by atoms with E-state index >= 15 is 0 Å². The lowest BCUT2D eigenvalue weighted by Crippen LogP contribution is -2.18. The van der Waals surface area contributed by atoms with Crippen LogP contribution in [0.3, 0.4) is 0 Å². The third-order valence-electron chi connectivity index (χ3n) is 2.18. The Morgan fingerprint density at radius 1 is 1.47 bits per heavy atom. The van der Waals surface area contributed by atoms with Gasteiger partial charge in [0, 0.05) is 17.9 Å². The van der Waals surface area contributed by atoms with Gasteiger partial charge in [-0.25, -0.2) is 0 Å². The van der Waals surface area contributed by atoms with Crippen LogP contribution >= 0.6 is 0 Å². The minimum Gasteiger partial charge on any atom is -0.399 e. The van der Waals surface area contributed by atoms with Crippen molar-refractivity contribution in [3.8, 4) is 0 Å². The van der Waals surface area contributed by atoms with Gasteiger partial charge in [0.2, 0.25) is 0 Å². The second kappa shape index (κ2) is 6.10. The van der Waals surface area contributed by atoms with Gasteiger partial charge in [-0.05, 0) is 32.0 Å². The van der Waals surface area contributed by atoms with Crippen molar-refractivity contribution < 1.29 is 9.53 Å². The van der Waals surface area contributed by atoms with Crippen molar-refractivity contribution in [1.29, 1.82) is 0 Å². The van der Waals surface area contributed by atoms with Gasteiger partial charge in [-0.15, -0.1) is 0 Å². The van der Waals surface area contributed by atoms with Crippen LogP contribution < -0.4 is 16.8 Å². The van der Waals surface area contributed by atoms with E-state index in [1.807, 2.05) is 13.8 Å². The smallest absolute Gasteiger partial charge is 0.250 e. The number of rotatable bonds is 6. The second-order valence-electron chi connectivity index (χ2n) is 4.02. The fourth-order valence-electron chi connectivity index (χ4n) is 1.40. The monoisotopic (exact) mass is 237 g/mol. The third kappa shape index (κ3) is 4.32. The zero-order valence-electron chi connectivity index (χ0n) is 10.2. The number of carbonyl (C=O) groups is 1. The van der Waals surface area contributed by atoms with Crippen LogP contribution in [0.25, 0.3) is 0 Å². The molecule has 0 saturated heterocycles. The number of benzene rings is 1. The number of anilines is 2. The van der Waals surface area contributed by atoms with Gasteiger partial charge in [0.25, 0.3) is 5.91 Å². The van der Waals surface area contributed by atoms with Crippen LogP contribution in [0.4, 0.5) is 11.4 Å². The topological polar surface area (TPSA) is 90.4 Å². The number of hydrogen-bond donors (Lipinski definition) is 3. The maximum Gasteiger partial charge on any atom is 0.250 e. The van der Waals surface area contributed by atoms with Gasteiger partial charge in [-0.1, -0.05) is 0 Å². The molecule has 0 unspecified atom stereocenters. The van der Waals surface area contributed by atoms with E-state index in [1.165, 1.54) is 0 Å². The molecule has 0 heterocycles. The SMILES string of the molecule is CC(C)OCCNc1ccc(N)cc1C(N)=O. The van der Waals surface area contributed by atoms with Gasteiger partial charge in [0.15, 0.2) is 0 Å². The van der Waals surface area contributed by atoms with Crippen LogP contribution in [0, 0.1) is 0 Å². The molecule has 0 spiro atoms. The first-order valence-corrected chi connectivity index (χ1v) is 5.55.